The molecule has 0 fully saturated rings. The molecule has 2 aromatic carbocycles. The summed E-state index contributed by atoms with van der Waals surface area (Å²) in [6.07, 6.45) is 1.05. The van der Waals surface area contributed by atoms with E-state index in [1.807, 2.05) is 13.8 Å². The number of carbonyl (C=O) groups excluding carboxylic acids is 2. The lowest BCUT2D eigenvalue weighted by atomic mass is 10.1. The number of hydrogen-bond acceptors (Lipinski definition) is 4. The highest BCUT2D eigenvalue weighted by atomic mass is 32.2. The molecule has 28 heavy (non-hydrogen) atoms. The molecular formula is C20H25N3O4S. The monoisotopic (exact) mass is 403 g/mol. The number of amides is 2. The maximum absolute atomic E-state index is 12.8. The van der Waals surface area contributed by atoms with Gasteiger partial charge in [0.05, 0.1) is 23.2 Å². The van der Waals surface area contributed by atoms with Gasteiger partial charge in [-0.05, 0) is 45.0 Å². The van der Waals surface area contributed by atoms with Gasteiger partial charge < -0.3 is 10.6 Å². The Kier molecular flexibility index (Phi) is 6.80. The number of nitrogens with zero attached hydrogens (tertiary/aromatic N) is 1. The molecule has 0 aliphatic carbocycles. The Morgan fingerprint density at radius 1 is 0.929 bits per heavy atom. The molecule has 0 saturated carbocycles. The molecule has 0 heterocycles. The lowest BCUT2D eigenvalue weighted by Crippen LogP contribution is -2.45. The first kappa shape index (κ1) is 21.4. The Bertz CT molecular complexity index is 943. The van der Waals surface area contributed by atoms with Gasteiger partial charge in [-0.25, -0.2) is 8.42 Å². The first-order valence-electron chi connectivity index (χ1n) is 8.86. The van der Waals surface area contributed by atoms with E-state index in [4.69, 9.17) is 0 Å². The van der Waals surface area contributed by atoms with Gasteiger partial charge in [-0.15, -0.1) is 0 Å². The highest BCUT2D eigenvalue weighted by Gasteiger charge is 2.29. The second-order valence-electron chi connectivity index (χ2n) is 6.73. The zero-order valence-electron chi connectivity index (χ0n) is 16.3. The van der Waals surface area contributed by atoms with E-state index in [9.17, 15) is 18.0 Å². The number of carbonyl (C=O) groups is 2. The summed E-state index contributed by atoms with van der Waals surface area (Å²) in [6, 6.07) is 13.9. The molecule has 0 aliphatic heterocycles. The minimum atomic E-state index is -3.70. The van der Waals surface area contributed by atoms with Gasteiger partial charge in [0.25, 0.3) is 5.91 Å². The molecule has 0 spiro atoms. The van der Waals surface area contributed by atoms with Crippen LogP contribution in [0.1, 0.15) is 31.1 Å². The molecule has 0 radical (unpaired) electrons. The number of benzene rings is 2. The number of rotatable bonds is 7. The van der Waals surface area contributed by atoms with E-state index in [0.29, 0.717) is 16.9 Å². The van der Waals surface area contributed by atoms with Crippen molar-refractivity contribution in [3.05, 3.63) is 60.2 Å². The average Bonchev–Trinajstić information content (AvgIpc) is 2.61. The van der Waals surface area contributed by atoms with Gasteiger partial charge >= 0.3 is 0 Å². The second kappa shape index (κ2) is 8.88. The van der Waals surface area contributed by atoms with Crippen LogP contribution in [0.3, 0.4) is 0 Å². The lowest BCUT2D eigenvalue weighted by molar-refractivity contribution is -0.116. The topological polar surface area (TPSA) is 95.6 Å². The Morgan fingerprint density at radius 3 is 2.07 bits per heavy atom. The number of nitrogens with one attached hydrogen (secondary N) is 2. The van der Waals surface area contributed by atoms with Crippen LogP contribution >= 0.6 is 0 Å². The van der Waals surface area contributed by atoms with Gasteiger partial charge in [0.2, 0.25) is 15.9 Å². The number of hydrogen-bond donors (Lipinski definition) is 2. The van der Waals surface area contributed by atoms with E-state index in [1.54, 1.807) is 54.6 Å². The third-order valence-corrected chi connectivity index (χ3v) is 5.19. The fourth-order valence-electron chi connectivity index (χ4n) is 2.75. The zero-order valence-corrected chi connectivity index (χ0v) is 17.2. The van der Waals surface area contributed by atoms with E-state index >= 15 is 0 Å². The molecule has 2 amide bonds. The maximum Gasteiger partial charge on any atom is 0.253 e. The molecule has 2 aromatic rings. The fraction of sp³-hybridized carbons (Fsp3) is 0.300. The van der Waals surface area contributed by atoms with Crippen LogP contribution in [0.25, 0.3) is 0 Å². The van der Waals surface area contributed by atoms with Crippen LogP contribution in [0.5, 0.6) is 0 Å². The molecule has 2 rings (SSSR count). The summed E-state index contributed by atoms with van der Waals surface area (Å²) in [5.74, 6) is -0.861. The van der Waals surface area contributed by atoms with Crippen molar-refractivity contribution < 1.29 is 18.0 Å². The first-order valence-corrected chi connectivity index (χ1v) is 10.7. The largest absolute Gasteiger partial charge is 0.350 e. The van der Waals surface area contributed by atoms with Gasteiger partial charge in [0.15, 0.2) is 0 Å². The normalized spacial score (nSPS) is 12.3. The Morgan fingerprint density at radius 2 is 1.50 bits per heavy atom. The standard InChI is InChI=1S/C20H25N3O4S/c1-14(2)21-20(25)17-12-8-9-13-18(17)22-19(24)15(3)23(28(4,26)27)16-10-6-5-7-11-16/h5-15H,1-4H3,(H,21,25)(H,22,24)/t15-/m0/s1. The van der Waals surface area contributed by atoms with E-state index in [0.717, 1.165) is 10.6 Å². The van der Waals surface area contributed by atoms with Crippen LogP contribution in [0.15, 0.2) is 54.6 Å². The molecule has 0 bridgehead atoms. The van der Waals surface area contributed by atoms with Crippen molar-refractivity contribution in [2.45, 2.75) is 32.9 Å². The minimum absolute atomic E-state index is 0.0611. The number of anilines is 2. The molecule has 0 aromatic heterocycles. The van der Waals surface area contributed by atoms with Crippen molar-refractivity contribution >= 4 is 33.2 Å². The molecule has 0 unspecified atom stereocenters. The molecular weight excluding hydrogens is 378 g/mol. The van der Waals surface area contributed by atoms with Crippen molar-refractivity contribution in [1.82, 2.24) is 5.32 Å². The average molecular weight is 404 g/mol. The van der Waals surface area contributed by atoms with Crippen molar-refractivity contribution in [2.75, 3.05) is 15.9 Å². The summed E-state index contributed by atoms with van der Waals surface area (Å²) < 4.78 is 25.7. The molecule has 0 saturated heterocycles. The summed E-state index contributed by atoms with van der Waals surface area (Å²) in [7, 11) is -3.70. The van der Waals surface area contributed by atoms with Gasteiger partial charge in [-0.2, -0.15) is 0 Å². The summed E-state index contributed by atoms with van der Waals surface area (Å²) >= 11 is 0. The third-order valence-electron chi connectivity index (χ3n) is 3.95. The van der Waals surface area contributed by atoms with Gasteiger partial charge in [-0.1, -0.05) is 30.3 Å². The van der Waals surface area contributed by atoms with Crippen molar-refractivity contribution in [3.63, 3.8) is 0 Å². The van der Waals surface area contributed by atoms with Gasteiger partial charge in [0, 0.05) is 6.04 Å². The maximum atomic E-state index is 12.8. The van der Waals surface area contributed by atoms with Crippen LogP contribution in [-0.2, 0) is 14.8 Å². The summed E-state index contributed by atoms with van der Waals surface area (Å²) in [5.41, 5.74) is 1.01. The Labute approximate surface area is 165 Å². The van der Waals surface area contributed by atoms with E-state index in [-0.39, 0.29) is 11.9 Å². The predicted molar refractivity (Wildman–Crippen MR) is 111 cm³/mol. The van der Waals surface area contributed by atoms with E-state index < -0.39 is 22.0 Å². The van der Waals surface area contributed by atoms with Gasteiger partial charge in [0.1, 0.15) is 6.04 Å². The van der Waals surface area contributed by atoms with E-state index in [2.05, 4.69) is 10.6 Å². The van der Waals surface area contributed by atoms with Crippen molar-refractivity contribution in [2.24, 2.45) is 0 Å². The summed E-state index contributed by atoms with van der Waals surface area (Å²) in [4.78, 5) is 25.2. The molecule has 1 atom stereocenters. The third kappa shape index (κ3) is 5.32. The highest BCUT2D eigenvalue weighted by Crippen LogP contribution is 2.22. The Hall–Kier alpha value is -2.87. The zero-order chi connectivity index (χ0) is 20.9. The second-order valence-corrected chi connectivity index (χ2v) is 8.59. The van der Waals surface area contributed by atoms with Crippen LogP contribution in [0, 0.1) is 0 Å². The van der Waals surface area contributed by atoms with Crippen LogP contribution in [0.4, 0.5) is 11.4 Å². The predicted octanol–water partition coefficient (Wildman–Crippen LogP) is 2.62. The molecule has 150 valence electrons. The fourth-order valence-corrected chi connectivity index (χ4v) is 3.93. The van der Waals surface area contributed by atoms with Crippen LogP contribution in [-0.4, -0.2) is 38.6 Å². The van der Waals surface area contributed by atoms with Crippen LogP contribution < -0.4 is 14.9 Å². The number of para-hydroxylation sites is 2. The molecule has 8 heteroatoms. The molecule has 0 aliphatic rings. The summed E-state index contributed by atoms with van der Waals surface area (Å²) in [5, 5.41) is 5.46. The quantitative estimate of drug-likeness (QED) is 0.743. The van der Waals surface area contributed by atoms with E-state index in [1.165, 1.54) is 6.92 Å². The highest BCUT2D eigenvalue weighted by molar-refractivity contribution is 7.92. The first-order chi connectivity index (χ1) is 13.1. The molecule has 7 nitrogen and oxygen atoms in total. The minimum Gasteiger partial charge on any atom is -0.350 e. The lowest BCUT2D eigenvalue weighted by Gasteiger charge is -2.28. The van der Waals surface area contributed by atoms with Crippen molar-refractivity contribution in [1.29, 1.82) is 0 Å². The molecule has 2 N–H and O–H groups in total. The van der Waals surface area contributed by atoms with Gasteiger partial charge in [-0.3, -0.25) is 13.9 Å². The van der Waals surface area contributed by atoms with Crippen LogP contribution in [0.2, 0.25) is 0 Å². The smallest absolute Gasteiger partial charge is 0.253 e. The van der Waals surface area contributed by atoms with Crippen molar-refractivity contribution in [3.8, 4) is 0 Å². The number of sulfonamides is 1. The SMILES string of the molecule is CC(C)NC(=O)c1ccccc1NC(=O)[C@H](C)N(c1ccccc1)S(C)(=O)=O. The summed E-state index contributed by atoms with van der Waals surface area (Å²) in [6.45, 7) is 5.18. The Balaban J connectivity index is 2.30.